The normalized spacial score (nSPS) is 15.6. The van der Waals surface area contributed by atoms with Crippen LogP contribution < -0.4 is 20.1 Å². The summed E-state index contributed by atoms with van der Waals surface area (Å²) < 4.78 is 16.3. The topological polar surface area (TPSA) is 67.4 Å². The number of anilines is 1. The summed E-state index contributed by atoms with van der Waals surface area (Å²) >= 11 is 0. The third kappa shape index (κ3) is 6.72. The van der Waals surface area contributed by atoms with Gasteiger partial charge in [0, 0.05) is 38.4 Å². The monoisotopic (exact) mass is 364 g/mol. The minimum Gasteiger partial charge on any atom is -0.493 e. The van der Waals surface area contributed by atoms with Gasteiger partial charge in [-0.1, -0.05) is 0 Å². The molecule has 0 unspecified atom stereocenters. The van der Waals surface area contributed by atoms with Crippen molar-refractivity contribution in [2.75, 3.05) is 65.5 Å². The first-order chi connectivity index (χ1) is 12.8. The van der Waals surface area contributed by atoms with E-state index >= 15 is 0 Å². The molecule has 26 heavy (non-hydrogen) atoms. The van der Waals surface area contributed by atoms with Crippen LogP contribution in [0.5, 0.6) is 11.5 Å². The van der Waals surface area contributed by atoms with Crippen molar-refractivity contribution in [3.05, 3.63) is 18.2 Å². The van der Waals surface area contributed by atoms with Crippen molar-refractivity contribution in [1.82, 2.24) is 10.2 Å². The van der Waals surface area contributed by atoms with Gasteiger partial charge in [0.05, 0.1) is 26.9 Å². The van der Waals surface area contributed by atoms with Crippen molar-refractivity contribution in [2.45, 2.75) is 19.8 Å². The molecule has 0 aliphatic carbocycles. The molecule has 1 aromatic carbocycles. The Balaban J connectivity index is 1.73. The van der Waals surface area contributed by atoms with Gasteiger partial charge in [-0.3, -0.25) is 9.89 Å². The number of hydrogen-bond acceptors (Lipinski definition) is 5. The van der Waals surface area contributed by atoms with E-state index in [1.165, 1.54) is 6.42 Å². The summed E-state index contributed by atoms with van der Waals surface area (Å²) in [4.78, 5) is 6.74. The molecule has 0 aromatic heterocycles. The zero-order chi connectivity index (χ0) is 18.6. The van der Waals surface area contributed by atoms with Gasteiger partial charge in [0.25, 0.3) is 0 Å². The smallest absolute Gasteiger partial charge is 0.195 e. The van der Waals surface area contributed by atoms with E-state index in [0.717, 1.165) is 63.2 Å². The number of hydrogen-bond donors (Lipinski definition) is 2. The van der Waals surface area contributed by atoms with Crippen molar-refractivity contribution in [3.8, 4) is 11.5 Å². The second kappa shape index (κ2) is 11.6. The van der Waals surface area contributed by atoms with Crippen molar-refractivity contribution in [2.24, 2.45) is 4.99 Å². The van der Waals surface area contributed by atoms with Gasteiger partial charge in [0.1, 0.15) is 0 Å². The lowest BCUT2D eigenvalue weighted by Crippen LogP contribution is -2.37. The molecule has 2 rings (SSSR count). The van der Waals surface area contributed by atoms with E-state index in [4.69, 9.17) is 14.2 Å². The SMILES string of the molecule is CCOc1ccc(NC(=NC)NCCCCN2CCOCC2)cc1OC. The molecule has 0 bridgehead atoms. The van der Waals surface area contributed by atoms with Crippen LogP contribution in [0.15, 0.2) is 23.2 Å². The number of morpholine rings is 1. The van der Waals surface area contributed by atoms with Gasteiger partial charge in [0.2, 0.25) is 0 Å². The van der Waals surface area contributed by atoms with E-state index in [9.17, 15) is 0 Å². The van der Waals surface area contributed by atoms with E-state index in [-0.39, 0.29) is 0 Å². The molecule has 1 aliphatic heterocycles. The van der Waals surface area contributed by atoms with E-state index in [0.29, 0.717) is 12.4 Å². The minimum absolute atomic E-state index is 0.608. The first kappa shape index (κ1) is 20.3. The Labute approximate surface area is 156 Å². The Kier molecular flexibility index (Phi) is 9.06. The van der Waals surface area contributed by atoms with Crippen LogP contribution >= 0.6 is 0 Å². The van der Waals surface area contributed by atoms with E-state index in [1.54, 1.807) is 14.2 Å². The predicted octanol–water partition coefficient (Wildman–Crippen LogP) is 2.19. The molecule has 0 saturated carbocycles. The lowest BCUT2D eigenvalue weighted by molar-refractivity contribution is 0.0372. The number of guanidine groups is 1. The standard InChI is InChI=1S/C19H32N4O3/c1-4-26-17-8-7-16(15-18(17)24-3)22-19(20-2)21-9-5-6-10-23-11-13-25-14-12-23/h7-8,15H,4-6,9-14H2,1-3H3,(H2,20,21,22). The maximum Gasteiger partial charge on any atom is 0.195 e. The fourth-order valence-electron chi connectivity index (χ4n) is 2.83. The number of aliphatic imine (C=N–C) groups is 1. The van der Waals surface area contributed by atoms with Crippen LogP contribution in [0.3, 0.4) is 0 Å². The van der Waals surface area contributed by atoms with Crippen LogP contribution in [0.1, 0.15) is 19.8 Å². The fourth-order valence-corrected chi connectivity index (χ4v) is 2.83. The van der Waals surface area contributed by atoms with Crippen molar-refractivity contribution >= 4 is 11.6 Å². The van der Waals surface area contributed by atoms with Crippen LogP contribution in [-0.2, 0) is 4.74 Å². The molecule has 1 aromatic rings. The molecule has 0 atom stereocenters. The number of nitrogens with one attached hydrogen (secondary N) is 2. The van der Waals surface area contributed by atoms with Gasteiger partial charge >= 0.3 is 0 Å². The van der Waals surface area contributed by atoms with Crippen LogP contribution in [0, 0.1) is 0 Å². The number of unbranched alkanes of at least 4 members (excludes halogenated alkanes) is 1. The molecule has 2 N–H and O–H groups in total. The maximum atomic E-state index is 5.55. The quantitative estimate of drug-likeness (QED) is 0.398. The van der Waals surface area contributed by atoms with E-state index in [1.807, 2.05) is 25.1 Å². The van der Waals surface area contributed by atoms with Gasteiger partial charge in [-0.25, -0.2) is 0 Å². The summed E-state index contributed by atoms with van der Waals surface area (Å²) in [5.74, 6) is 2.20. The second-order valence-corrected chi connectivity index (χ2v) is 6.08. The summed E-state index contributed by atoms with van der Waals surface area (Å²) in [5, 5.41) is 6.65. The summed E-state index contributed by atoms with van der Waals surface area (Å²) in [6.07, 6.45) is 2.27. The Morgan fingerprint density at radius 1 is 1.23 bits per heavy atom. The van der Waals surface area contributed by atoms with E-state index in [2.05, 4.69) is 20.5 Å². The molecular formula is C19H32N4O3. The van der Waals surface area contributed by atoms with Gasteiger partial charge in [0.15, 0.2) is 17.5 Å². The lowest BCUT2D eigenvalue weighted by Gasteiger charge is -2.26. The Bertz CT molecular complexity index is 560. The maximum absolute atomic E-state index is 5.55. The molecule has 0 spiro atoms. The molecule has 0 radical (unpaired) electrons. The lowest BCUT2D eigenvalue weighted by atomic mass is 10.2. The molecule has 1 aliphatic rings. The third-order valence-electron chi connectivity index (χ3n) is 4.25. The number of benzene rings is 1. The molecule has 1 fully saturated rings. The van der Waals surface area contributed by atoms with Gasteiger partial charge in [-0.15, -0.1) is 0 Å². The highest BCUT2D eigenvalue weighted by molar-refractivity contribution is 5.93. The third-order valence-corrected chi connectivity index (χ3v) is 4.25. The first-order valence-electron chi connectivity index (χ1n) is 9.35. The Hall–Kier alpha value is -1.99. The highest BCUT2D eigenvalue weighted by Crippen LogP contribution is 2.30. The molecule has 7 heteroatoms. The van der Waals surface area contributed by atoms with Crippen LogP contribution in [-0.4, -0.2) is 71.0 Å². The summed E-state index contributed by atoms with van der Waals surface area (Å²) in [6.45, 7) is 8.41. The molecule has 7 nitrogen and oxygen atoms in total. The number of ether oxygens (including phenoxy) is 3. The van der Waals surface area contributed by atoms with Gasteiger partial charge in [-0.2, -0.15) is 0 Å². The van der Waals surface area contributed by atoms with E-state index < -0.39 is 0 Å². The summed E-state index contributed by atoms with van der Waals surface area (Å²) in [6, 6.07) is 5.77. The zero-order valence-electron chi connectivity index (χ0n) is 16.2. The van der Waals surface area contributed by atoms with Crippen LogP contribution in [0.25, 0.3) is 0 Å². The number of nitrogens with zero attached hydrogens (tertiary/aromatic N) is 2. The Morgan fingerprint density at radius 2 is 2.04 bits per heavy atom. The van der Waals surface area contributed by atoms with Crippen molar-refractivity contribution < 1.29 is 14.2 Å². The average Bonchev–Trinajstić information content (AvgIpc) is 2.68. The molecule has 1 saturated heterocycles. The minimum atomic E-state index is 0.608. The summed E-state index contributed by atoms with van der Waals surface area (Å²) in [7, 11) is 3.41. The molecule has 0 amide bonds. The zero-order valence-corrected chi connectivity index (χ0v) is 16.2. The van der Waals surface area contributed by atoms with Crippen LogP contribution in [0.2, 0.25) is 0 Å². The molecular weight excluding hydrogens is 332 g/mol. The van der Waals surface area contributed by atoms with Crippen molar-refractivity contribution in [3.63, 3.8) is 0 Å². The largest absolute Gasteiger partial charge is 0.493 e. The summed E-state index contributed by atoms with van der Waals surface area (Å²) in [5.41, 5.74) is 0.909. The Morgan fingerprint density at radius 3 is 2.73 bits per heavy atom. The molecule has 1 heterocycles. The highest BCUT2D eigenvalue weighted by atomic mass is 16.5. The number of methoxy groups -OCH3 is 1. The molecule has 146 valence electrons. The second-order valence-electron chi connectivity index (χ2n) is 6.08. The van der Waals surface area contributed by atoms with Crippen molar-refractivity contribution in [1.29, 1.82) is 0 Å². The van der Waals surface area contributed by atoms with Crippen LogP contribution in [0.4, 0.5) is 5.69 Å². The number of rotatable bonds is 9. The average molecular weight is 364 g/mol. The fraction of sp³-hybridized carbons (Fsp3) is 0.632. The first-order valence-corrected chi connectivity index (χ1v) is 9.35. The predicted molar refractivity (Wildman–Crippen MR) is 106 cm³/mol. The van der Waals surface area contributed by atoms with Gasteiger partial charge in [-0.05, 0) is 38.4 Å². The van der Waals surface area contributed by atoms with Gasteiger partial charge < -0.3 is 24.8 Å². The highest BCUT2D eigenvalue weighted by Gasteiger charge is 2.09.